The summed E-state index contributed by atoms with van der Waals surface area (Å²) in [6.07, 6.45) is 8.10. The van der Waals surface area contributed by atoms with E-state index in [0.29, 0.717) is 17.1 Å². The van der Waals surface area contributed by atoms with Crippen molar-refractivity contribution in [1.29, 1.82) is 0 Å². The molecule has 4 aromatic carbocycles. The Bertz CT molecular complexity index is 2880. The zero-order valence-electron chi connectivity index (χ0n) is 42.4. The van der Waals surface area contributed by atoms with Gasteiger partial charge in [0.1, 0.15) is 42.0 Å². The Morgan fingerprint density at radius 1 is 0.520 bits per heavy atom. The Hall–Kier alpha value is -7.33. The summed E-state index contributed by atoms with van der Waals surface area (Å²) in [5.41, 5.74) is 16.6. The van der Waals surface area contributed by atoms with Gasteiger partial charge in [-0.2, -0.15) is 23.5 Å². The summed E-state index contributed by atoms with van der Waals surface area (Å²) in [6, 6.07) is 22.9. The molecule has 0 bridgehead atoms. The van der Waals surface area contributed by atoms with Crippen LogP contribution in [-0.4, -0.2) is 130 Å². The van der Waals surface area contributed by atoms with E-state index >= 15 is 0 Å². The van der Waals surface area contributed by atoms with Gasteiger partial charge in [-0.3, -0.25) is 39.0 Å². The molecule has 398 valence electrons. The number of H-pyrrole nitrogens is 2. The van der Waals surface area contributed by atoms with Gasteiger partial charge in [0.15, 0.2) is 0 Å². The number of phenols is 1. The number of phenolic OH excluding ortho intramolecular Hbond substituents is 1. The minimum Gasteiger partial charge on any atom is -0.508 e. The average molecular weight is 1060 g/mol. The molecule has 75 heavy (non-hydrogen) atoms. The van der Waals surface area contributed by atoms with Crippen molar-refractivity contribution in [3.63, 3.8) is 0 Å². The topological polar surface area (TPSA) is 294 Å². The smallest absolute Gasteiger partial charge is 0.257 e. The lowest BCUT2D eigenvalue weighted by molar-refractivity contribution is -0.134. The summed E-state index contributed by atoms with van der Waals surface area (Å²) in [5.74, 6) is -3.24. The standard InChI is InChI=1S/C54H67N11O8S2/c1-32(48(67)60-43(22-24-74-3)51(70)61-44(23-25-75-4)52(71)63-45(50(69)56-2)27-34-18-20-37(66)21-19-34)59-53(72)47(29-36-31-58-42-17-11-9-15-39(36)42)64-65-54(73)46(28-35-30-57-41-16-10-8-14-38(35)41)62-49(68)40(55)26-33-12-6-5-7-13-33/h5-21,30-32,40,43-47,57-58,64,66H,22-29,55H2,1-4H3,(H,56,69)(H,59,72)(H,60,67)(H,61,70)(H,62,68)(H,63,71)(H,65,73)/t32-,40-,43-,44-,45-,46-,47-/m1/s1. The second-order valence-corrected chi connectivity index (χ2v) is 20.1. The second-order valence-electron chi connectivity index (χ2n) is 18.1. The van der Waals surface area contributed by atoms with Gasteiger partial charge in [0.25, 0.3) is 5.91 Å². The van der Waals surface area contributed by atoms with Gasteiger partial charge in [0, 0.05) is 60.5 Å². The van der Waals surface area contributed by atoms with Gasteiger partial charge in [0.2, 0.25) is 35.4 Å². The fraction of sp³-hybridized carbons (Fsp3) is 0.352. The zero-order valence-corrected chi connectivity index (χ0v) is 44.0. The lowest BCUT2D eigenvalue weighted by Crippen LogP contribution is -2.61. The van der Waals surface area contributed by atoms with Crippen LogP contribution in [0.4, 0.5) is 0 Å². The number of aromatic nitrogens is 2. The van der Waals surface area contributed by atoms with Gasteiger partial charge in [0.05, 0.1) is 6.04 Å². The summed E-state index contributed by atoms with van der Waals surface area (Å²) in [7, 11) is 1.45. The first-order valence-corrected chi connectivity index (χ1v) is 27.4. The fourth-order valence-electron chi connectivity index (χ4n) is 8.43. The summed E-state index contributed by atoms with van der Waals surface area (Å²) >= 11 is 2.91. The van der Waals surface area contributed by atoms with Crippen LogP contribution >= 0.6 is 23.5 Å². The molecule has 2 aromatic heterocycles. The van der Waals surface area contributed by atoms with E-state index in [1.165, 1.54) is 49.6 Å². The van der Waals surface area contributed by atoms with Crippen LogP contribution in [0, 0.1) is 0 Å². The second kappa shape index (κ2) is 28.4. The number of hydrazine groups is 1. The maximum absolute atomic E-state index is 14.4. The molecule has 6 rings (SSSR count). The van der Waals surface area contributed by atoms with E-state index in [4.69, 9.17) is 5.73 Å². The fourth-order valence-corrected chi connectivity index (χ4v) is 9.37. The van der Waals surface area contributed by atoms with Gasteiger partial charge in [-0.25, -0.2) is 5.43 Å². The van der Waals surface area contributed by atoms with Crippen molar-refractivity contribution in [2.24, 2.45) is 5.73 Å². The number of carbonyl (C=O) groups excluding carboxylic acids is 7. The molecule has 13 N–H and O–H groups in total. The van der Waals surface area contributed by atoms with Crippen LogP contribution in [0.5, 0.6) is 5.75 Å². The Morgan fingerprint density at radius 2 is 0.987 bits per heavy atom. The van der Waals surface area contributed by atoms with Crippen LogP contribution < -0.4 is 48.5 Å². The number of rotatable bonds is 28. The number of amides is 7. The summed E-state index contributed by atoms with van der Waals surface area (Å²) in [4.78, 5) is 104. The van der Waals surface area contributed by atoms with Gasteiger partial charge >= 0.3 is 0 Å². The maximum Gasteiger partial charge on any atom is 0.257 e. The molecular weight excluding hydrogens is 995 g/mol. The van der Waals surface area contributed by atoms with E-state index in [-0.39, 0.29) is 44.3 Å². The van der Waals surface area contributed by atoms with E-state index in [1.54, 1.807) is 24.5 Å². The van der Waals surface area contributed by atoms with Gasteiger partial charge in [-0.1, -0.05) is 78.9 Å². The molecule has 0 saturated carbocycles. The minimum atomic E-state index is -1.20. The van der Waals surface area contributed by atoms with Crippen molar-refractivity contribution in [1.82, 2.24) is 52.7 Å². The molecule has 19 nitrogen and oxygen atoms in total. The molecule has 0 saturated heterocycles. The van der Waals surface area contributed by atoms with Gasteiger partial charge in [-0.05, 0) is 96.7 Å². The molecular formula is C54H67N11O8S2. The van der Waals surface area contributed by atoms with Gasteiger partial charge < -0.3 is 52.7 Å². The number of hydrogen-bond donors (Lipinski definition) is 12. The van der Waals surface area contributed by atoms with Crippen molar-refractivity contribution < 1.29 is 38.7 Å². The molecule has 0 aliphatic carbocycles. The van der Waals surface area contributed by atoms with Crippen molar-refractivity contribution in [3.05, 3.63) is 138 Å². The Morgan fingerprint density at radius 3 is 1.55 bits per heavy atom. The van der Waals surface area contributed by atoms with Crippen LogP contribution in [-0.2, 0) is 59.2 Å². The Labute approximate surface area is 444 Å². The predicted octanol–water partition coefficient (Wildman–Crippen LogP) is 2.64. The number of benzene rings is 4. The molecule has 7 atom stereocenters. The van der Waals surface area contributed by atoms with Crippen LogP contribution in [0.15, 0.2) is 116 Å². The average Bonchev–Trinajstić information content (AvgIpc) is 4.03. The number of likely N-dealkylation sites (N-methyl/N-ethyl adjacent to an activating group) is 1. The van der Waals surface area contributed by atoms with E-state index in [1.807, 2.05) is 91.4 Å². The zero-order chi connectivity index (χ0) is 53.9. The summed E-state index contributed by atoms with van der Waals surface area (Å²) < 4.78 is 0. The Kier molecular flexibility index (Phi) is 21.5. The van der Waals surface area contributed by atoms with E-state index in [9.17, 15) is 38.7 Å². The maximum atomic E-state index is 14.4. The van der Waals surface area contributed by atoms with Crippen LogP contribution in [0.2, 0.25) is 0 Å². The van der Waals surface area contributed by atoms with Crippen molar-refractivity contribution in [3.8, 4) is 5.75 Å². The molecule has 0 aliphatic rings. The monoisotopic (exact) mass is 1060 g/mol. The molecule has 0 unspecified atom stereocenters. The number of para-hydroxylation sites is 2. The van der Waals surface area contributed by atoms with E-state index in [2.05, 4.69) is 52.7 Å². The highest BCUT2D eigenvalue weighted by molar-refractivity contribution is 7.98. The number of thioether (sulfide) groups is 2. The minimum absolute atomic E-state index is 0.0415. The number of hydrogen-bond acceptors (Lipinski definition) is 12. The largest absolute Gasteiger partial charge is 0.508 e. The lowest BCUT2D eigenvalue weighted by Gasteiger charge is -2.26. The molecule has 0 spiro atoms. The van der Waals surface area contributed by atoms with Crippen LogP contribution in [0.25, 0.3) is 21.8 Å². The number of nitrogens with two attached hydrogens (primary N) is 1. The number of aromatic amines is 2. The third kappa shape index (κ3) is 16.6. The summed E-state index contributed by atoms with van der Waals surface area (Å²) in [6.45, 7) is 1.46. The normalized spacial score (nSPS) is 14.0. The molecule has 21 heteroatoms. The highest BCUT2D eigenvalue weighted by atomic mass is 32.2. The third-order valence-corrected chi connectivity index (χ3v) is 13.9. The quantitative estimate of drug-likeness (QED) is 0.0316. The van der Waals surface area contributed by atoms with E-state index < -0.39 is 83.6 Å². The first-order chi connectivity index (χ1) is 36.2. The van der Waals surface area contributed by atoms with Crippen LogP contribution in [0.1, 0.15) is 42.0 Å². The number of fused-ring (bicyclic) bond motifs is 2. The van der Waals surface area contributed by atoms with E-state index in [0.717, 1.165) is 38.5 Å². The SMILES string of the molecule is CNC(=O)[C@@H](Cc1ccc(O)cc1)NC(=O)[C@@H](CCSC)NC(=O)[C@@H](CCSC)NC(=O)[C@@H](C)NC(=O)[C@@H](Cc1c[nH]c2ccccc12)NNC(=O)[C@@H](Cc1c[nH]c2ccccc12)NC(=O)[C@H](N)Cc1ccccc1. The van der Waals surface area contributed by atoms with Gasteiger partial charge in [-0.15, -0.1) is 0 Å². The highest BCUT2D eigenvalue weighted by Crippen LogP contribution is 2.21. The van der Waals surface area contributed by atoms with Crippen molar-refractivity contribution in [2.75, 3.05) is 31.1 Å². The first-order valence-electron chi connectivity index (χ1n) is 24.6. The van der Waals surface area contributed by atoms with Crippen molar-refractivity contribution in [2.45, 2.75) is 87.7 Å². The molecule has 7 amide bonds. The molecule has 2 heterocycles. The lowest BCUT2D eigenvalue weighted by atomic mass is 10.0. The molecule has 0 radical (unpaired) electrons. The van der Waals surface area contributed by atoms with Crippen LogP contribution in [0.3, 0.4) is 0 Å². The highest BCUT2D eigenvalue weighted by Gasteiger charge is 2.32. The van der Waals surface area contributed by atoms with Crippen molar-refractivity contribution >= 4 is 86.7 Å². The third-order valence-electron chi connectivity index (χ3n) is 12.6. The summed E-state index contributed by atoms with van der Waals surface area (Å²) in [5, 5.41) is 27.9. The Balaban J connectivity index is 1.16. The molecule has 6 aromatic rings. The predicted molar refractivity (Wildman–Crippen MR) is 294 cm³/mol. The number of carbonyl (C=O) groups is 7. The number of aromatic hydroxyl groups is 1. The molecule has 0 fully saturated rings. The first kappa shape index (κ1) is 57.0. The molecule has 0 aliphatic heterocycles. The number of nitrogens with one attached hydrogen (secondary N) is 10.